The lowest BCUT2D eigenvalue weighted by molar-refractivity contribution is -0.149. The largest absolute Gasteiger partial charge is 0.354 e. The first-order valence-electron chi connectivity index (χ1n) is 6.08. The molecule has 0 radical (unpaired) electrons. The van der Waals surface area contributed by atoms with Crippen LogP contribution in [0.15, 0.2) is 0 Å². The SMILES string of the molecule is COC(CN(C)C(=O)C1CCC(F)(F)CC1)OC. The highest BCUT2D eigenvalue weighted by Gasteiger charge is 2.38. The molecule has 0 spiro atoms. The summed E-state index contributed by atoms with van der Waals surface area (Å²) in [7, 11) is 4.63. The van der Waals surface area contributed by atoms with E-state index in [1.165, 1.54) is 19.1 Å². The van der Waals surface area contributed by atoms with Crippen molar-refractivity contribution in [2.75, 3.05) is 27.8 Å². The van der Waals surface area contributed by atoms with Crippen molar-refractivity contribution in [1.29, 1.82) is 0 Å². The summed E-state index contributed by atoms with van der Waals surface area (Å²) < 4.78 is 36.0. The van der Waals surface area contributed by atoms with Crippen molar-refractivity contribution in [3.8, 4) is 0 Å². The molecule has 18 heavy (non-hydrogen) atoms. The number of hydrogen-bond donors (Lipinski definition) is 0. The molecule has 106 valence electrons. The summed E-state index contributed by atoms with van der Waals surface area (Å²) in [5, 5.41) is 0. The van der Waals surface area contributed by atoms with Crippen molar-refractivity contribution >= 4 is 5.91 Å². The van der Waals surface area contributed by atoms with Gasteiger partial charge in [-0.25, -0.2) is 8.78 Å². The smallest absolute Gasteiger partial charge is 0.248 e. The molecular formula is C12H21F2NO3. The molecule has 1 fully saturated rings. The molecule has 0 atom stereocenters. The van der Waals surface area contributed by atoms with Crippen LogP contribution in [-0.2, 0) is 14.3 Å². The highest BCUT2D eigenvalue weighted by Crippen LogP contribution is 2.36. The third-order valence-electron chi connectivity index (χ3n) is 3.39. The van der Waals surface area contributed by atoms with Gasteiger partial charge in [-0.15, -0.1) is 0 Å². The Hall–Kier alpha value is -0.750. The zero-order valence-corrected chi connectivity index (χ0v) is 11.1. The first-order valence-corrected chi connectivity index (χ1v) is 6.08. The minimum Gasteiger partial charge on any atom is -0.354 e. The Kier molecular flexibility index (Phi) is 5.47. The van der Waals surface area contributed by atoms with Gasteiger partial charge in [0.15, 0.2) is 6.29 Å². The Balaban J connectivity index is 2.45. The van der Waals surface area contributed by atoms with E-state index in [-0.39, 0.29) is 37.5 Å². The van der Waals surface area contributed by atoms with Gasteiger partial charge in [0.05, 0.1) is 6.54 Å². The van der Waals surface area contributed by atoms with Gasteiger partial charge in [-0.2, -0.15) is 0 Å². The van der Waals surface area contributed by atoms with E-state index in [0.29, 0.717) is 6.54 Å². The maximum atomic E-state index is 13.0. The number of alkyl halides is 2. The molecular weight excluding hydrogens is 244 g/mol. The van der Waals surface area contributed by atoms with Crippen LogP contribution < -0.4 is 0 Å². The number of methoxy groups -OCH3 is 2. The minimum absolute atomic E-state index is 0.107. The van der Waals surface area contributed by atoms with E-state index in [0.717, 1.165) is 0 Å². The monoisotopic (exact) mass is 265 g/mol. The Morgan fingerprint density at radius 2 is 1.83 bits per heavy atom. The van der Waals surface area contributed by atoms with Crippen LogP contribution in [0.25, 0.3) is 0 Å². The summed E-state index contributed by atoms with van der Waals surface area (Å²) in [6.07, 6.45) is -0.379. The van der Waals surface area contributed by atoms with E-state index in [2.05, 4.69) is 0 Å². The number of hydrogen-bond acceptors (Lipinski definition) is 3. The topological polar surface area (TPSA) is 38.8 Å². The quantitative estimate of drug-likeness (QED) is 0.713. The molecule has 1 amide bonds. The van der Waals surface area contributed by atoms with Gasteiger partial charge < -0.3 is 14.4 Å². The molecule has 1 aliphatic carbocycles. The molecule has 6 heteroatoms. The van der Waals surface area contributed by atoms with Crippen LogP contribution in [0.3, 0.4) is 0 Å². The average molecular weight is 265 g/mol. The number of rotatable bonds is 5. The van der Waals surface area contributed by atoms with Crippen molar-refractivity contribution < 1.29 is 23.0 Å². The fourth-order valence-corrected chi connectivity index (χ4v) is 2.16. The number of ether oxygens (including phenoxy) is 2. The van der Waals surface area contributed by atoms with E-state index in [1.807, 2.05) is 0 Å². The van der Waals surface area contributed by atoms with Crippen molar-refractivity contribution in [3.63, 3.8) is 0 Å². The van der Waals surface area contributed by atoms with E-state index >= 15 is 0 Å². The van der Waals surface area contributed by atoms with Crippen molar-refractivity contribution in [2.45, 2.75) is 37.9 Å². The highest BCUT2D eigenvalue weighted by molar-refractivity contribution is 5.78. The van der Waals surface area contributed by atoms with Crippen LogP contribution in [0.2, 0.25) is 0 Å². The van der Waals surface area contributed by atoms with Crippen molar-refractivity contribution in [1.82, 2.24) is 4.90 Å². The van der Waals surface area contributed by atoms with Crippen LogP contribution in [0.5, 0.6) is 0 Å². The highest BCUT2D eigenvalue weighted by atomic mass is 19.3. The van der Waals surface area contributed by atoms with Crippen LogP contribution in [0, 0.1) is 5.92 Å². The lowest BCUT2D eigenvalue weighted by atomic mass is 9.86. The van der Waals surface area contributed by atoms with Gasteiger partial charge in [0.2, 0.25) is 11.8 Å². The molecule has 0 aromatic heterocycles. The molecule has 0 N–H and O–H groups in total. The number of carbonyl (C=O) groups excluding carboxylic acids is 1. The second-order valence-corrected chi connectivity index (χ2v) is 4.75. The second-order valence-electron chi connectivity index (χ2n) is 4.75. The van der Waals surface area contributed by atoms with Crippen LogP contribution >= 0.6 is 0 Å². The van der Waals surface area contributed by atoms with Gasteiger partial charge in [-0.05, 0) is 12.8 Å². The predicted molar refractivity (Wildman–Crippen MR) is 62.3 cm³/mol. The number of amides is 1. The zero-order chi connectivity index (χ0) is 13.8. The second kappa shape index (κ2) is 6.43. The number of likely N-dealkylation sites (N-methyl/N-ethyl adjacent to an activating group) is 1. The first-order chi connectivity index (χ1) is 8.39. The maximum Gasteiger partial charge on any atom is 0.248 e. The molecule has 4 nitrogen and oxygen atoms in total. The van der Waals surface area contributed by atoms with Crippen molar-refractivity contribution in [2.24, 2.45) is 5.92 Å². The fraction of sp³-hybridized carbons (Fsp3) is 0.917. The third kappa shape index (κ3) is 4.17. The average Bonchev–Trinajstić information content (AvgIpc) is 2.34. The molecule has 0 aliphatic heterocycles. The van der Waals surface area contributed by atoms with Crippen LogP contribution in [-0.4, -0.2) is 50.8 Å². The standard InChI is InChI=1S/C12H21F2NO3/c1-15(8-10(17-2)18-3)11(16)9-4-6-12(13,14)7-5-9/h9-10H,4-8H2,1-3H3. The molecule has 0 saturated heterocycles. The lowest BCUT2D eigenvalue weighted by Crippen LogP contribution is -2.41. The van der Waals surface area contributed by atoms with Gasteiger partial charge in [0, 0.05) is 40.0 Å². The normalized spacial score (nSPS) is 20.1. The molecule has 0 aromatic carbocycles. The van der Waals surface area contributed by atoms with Crippen molar-refractivity contribution in [3.05, 3.63) is 0 Å². The summed E-state index contributed by atoms with van der Waals surface area (Å²) in [5.41, 5.74) is 0. The Morgan fingerprint density at radius 3 is 2.28 bits per heavy atom. The van der Waals surface area contributed by atoms with E-state index < -0.39 is 12.2 Å². The van der Waals surface area contributed by atoms with Gasteiger partial charge >= 0.3 is 0 Å². The van der Waals surface area contributed by atoms with Gasteiger partial charge in [0.1, 0.15) is 0 Å². The summed E-state index contributed by atoms with van der Waals surface area (Å²) in [5.74, 6) is -3.01. The maximum absolute atomic E-state index is 13.0. The molecule has 0 heterocycles. The Morgan fingerprint density at radius 1 is 1.33 bits per heavy atom. The minimum atomic E-state index is -2.60. The first kappa shape index (κ1) is 15.3. The molecule has 1 saturated carbocycles. The molecule has 0 aromatic rings. The van der Waals surface area contributed by atoms with E-state index in [4.69, 9.17) is 9.47 Å². The molecule has 1 aliphatic rings. The van der Waals surface area contributed by atoms with Gasteiger partial charge in [0.25, 0.3) is 0 Å². The van der Waals surface area contributed by atoms with E-state index in [9.17, 15) is 13.6 Å². The summed E-state index contributed by atoms with van der Waals surface area (Å²) in [6, 6.07) is 0. The predicted octanol–water partition coefficient (Wildman–Crippen LogP) is 1.89. The number of carbonyl (C=O) groups is 1. The molecule has 1 rings (SSSR count). The Labute approximate surface area is 106 Å². The Bertz CT molecular complexity index is 272. The van der Waals surface area contributed by atoms with Crippen LogP contribution in [0.4, 0.5) is 8.78 Å². The summed E-state index contributed by atoms with van der Waals surface area (Å²) in [6.45, 7) is 0.304. The van der Waals surface area contributed by atoms with Gasteiger partial charge in [-0.1, -0.05) is 0 Å². The molecule has 0 bridgehead atoms. The lowest BCUT2D eigenvalue weighted by Gasteiger charge is -2.31. The van der Waals surface area contributed by atoms with Gasteiger partial charge in [-0.3, -0.25) is 4.79 Å². The van der Waals surface area contributed by atoms with E-state index in [1.54, 1.807) is 7.05 Å². The number of halogens is 2. The summed E-state index contributed by atoms with van der Waals surface area (Å²) >= 11 is 0. The van der Waals surface area contributed by atoms with Crippen LogP contribution in [0.1, 0.15) is 25.7 Å². The zero-order valence-electron chi connectivity index (χ0n) is 11.1. The number of nitrogens with zero attached hydrogens (tertiary/aromatic N) is 1. The third-order valence-corrected chi connectivity index (χ3v) is 3.39. The molecule has 0 unspecified atom stereocenters. The summed E-state index contributed by atoms with van der Waals surface area (Å²) in [4.78, 5) is 13.5. The fourth-order valence-electron chi connectivity index (χ4n) is 2.16.